The molecule has 1 aromatic carbocycles. The van der Waals surface area contributed by atoms with Crippen molar-refractivity contribution in [2.45, 2.75) is 52.9 Å². The molecule has 110 valence electrons. The van der Waals surface area contributed by atoms with Crippen LogP contribution in [0.3, 0.4) is 0 Å². The highest BCUT2D eigenvalue weighted by Gasteiger charge is 2.31. The Balaban J connectivity index is 2.54. The summed E-state index contributed by atoms with van der Waals surface area (Å²) in [5, 5.41) is 20.1. The number of benzene rings is 1. The Labute approximate surface area is 124 Å². The summed E-state index contributed by atoms with van der Waals surface area (Å²) in [7, 11) is 0. The van der Waals surface area contributed by atoms with E-state index < -0.39 is 11.4 Å². The first-order chi connectivity index (χ1) is 9.25. The number of halogens is 1. The molecule has 0 fully saturated rings. The van der Waals surface area contributed by atoms with E-state index in [1.165, 1.54) is 5.56 Å². The number of fused-ring (bicyclic) bond motifs is 1. The molecule has 0 saturated carbocycles. The molecule has 2 N–H and O–H groups in total. The molecule has 0 bridgehead atoms. The number of rotatable bonds is 3. The molecule has 0 heterocycles. The van der Waals surface area contributed by atoms with E-state index in [1.54, 1.807) is 13.8 Å². The third kappa shape index (κ3) is 2.51. The van der Waals surface area contributed by atoms with E-state index >= 15 is 0 Å². The monoisotopic (exact) mass is 296 g/mol. The molecule has 20 heavy (non-hydrogen) atoms. The van der Waals surface area contributed by atoms with E-state index in [0.29, 0.717) is 10.6 Å². The molecule has 4 heteroatoms. The SMILES string of the molecule is Cc1c(CC(C)(C)C(=O)O)c(O)c(Cl)c2c1CCCC2. The van der Waals surface area contributed by atoms with Gasteiger partial charge in [0.25, 0.3) is 0 Å². The highest BCUT2D eigenvalue weighted by Crippen LogP contribution is 2.42. The summed E-state index contributed by atoms with van der Waals surface area (Å²) >= 11 is 6.30. The van der Waals surface area contributed by atoms with Crippen molar-refractivity contribution in [2.75, 3.05) is 0 Å². The molecule has 0 spiro atoms. The van der Waals surface area contributed by atoms with E-state index in [1.807, 2.05) is 6.92 Å². The van der Waals surface area contributed by atoms with Crippen LogP contribution in [0, 0.1) is 12.3 Å². The second-order valence-electron chi connectivity index (χ2n) is 6.30. The van der Waals surface area contributed by atoms with E-state index in [9.17, 15) is 15.0 Å². The molecule has 1 aliphatic rings. The maximum Gasteiger partial charge on any atom is 0.309 e. The lowest BCUT2D eigenvalue weighted by Crippen LogP contribution is -2.27. The number of carboxylic acids is 1. The highest BCUT2D eigenvalue weighted by molar-refractivity contribution is 6.33. The number of hydrogen-bond acceptors (Lipinski definition) is 2. The van der Waals surface area contributed by atoms with Crippen molar-refractivity contribution in [1.29, 1.82) is 0 Å². The molecule has 1 aromatic rings. The van der Waals surface area contributed by atoms with Crippen molar-refractivity contribution in [3.8, 4) is 5.75 Å². The van der Waals surface area contributed by atoms with Crippen LogP contribution in [-0.2, 0) is 24.1 Å². The molecule has 2 rings (SSSR count). The number of aromatic hydroxyl groups is 1. The zero-order valence-electron chi connectivity index (χ0n) is 12.2. The number of carboxylic acid groups (broad SMARTS) is 1. The summed E-state index contributed by atoms with van der Waals surface area (Å²) in [5.41, 5.74) is 3.02. The molecule has 0 unspecified atom stereocenters. The number of hydrogen-bond donors (Lipinski definition) is 2. The molecule has 0 aliphatic heterocycles. The molecular formula is C16H21ClO3. The summed E-state index contributed by atoms with van der Waals surface area (Å²) in [4.78, 5) is 11.3. The zero-order chi connectivity index (χ0) is 15.1. The predicted molar refractivity (Wildman–Crippen MR) is 79.6 cm³/mol. The van der Waals surface area contributed by atoms with Crippen LogP contribution >= 0.6 is 11.6 Å². The fourth-order valence-electron chi connectivity index (χ4n) is 2.93. The van der Waals surface area contributed by atoms with E-state index in [-0.39, 0.29) is 12.2 Å². The Morgan fingerprint density at radius 3 is 2.35 bits per heavy atom. The fourth-order valence-corrected chi connectivity index (χ4v) is 3.25. The van der Waals surface area contributed by atoms with Crippen LogP contribution in [0.4, 0.5) is 0 Å². The first-order valence-electron chi connectivity index (χ1n) is 7.00. The van der Waals surface area contributed by atoms with Crippen LogP contribution in [0.2, 0.25) is 5.02 Å². The summed E-state index contributed by atoms with van der Waals surface area (Å²) in [6.07, 6.45) is 4.35. The topological polar surface area (TPSA) is 57.5 Å². The largest absolute Gasteiger partial charge is 0.506 e. The van der Waals surface area contributed by atoms with Crippen LogP contribution < -0.4 is 0 Å². The van der Waals surface area contributed by atoms with Crippen molar-refractivity contribution in [1.82, 2.24) is 0 Å². The van der Waals surface area contributed by atoms with Crippen LogP contribution in [-0.4, -0.2) is 16.2 Å². The highest BCUT2D eigenvalue weighted by atomic mass is 35.5. The number of phenols is 1. The first-order valence-corrected chi connectivity index (χ1v) is 7.38. The van der Waals surface area contributed by atoms with Gasteiger partial charge in [-0.3, -0.25) is 4.79 Å². The quantitative estimate of drug-likeness (QED) is 0.890. The summed E-state index contributed by atoms with van der Waals surface area (Å²) in [6.45, 7) is 5.30. The minimum atomic E-state index is -0.922. The van der Waals surface area contributed by atoms with Gasteiger partial charge in [-0.2, -0.15) is 0 Å². The molecule has 0 radical (unpaired) electrons. The van der Waals surface area contributed by atoms with Gasteiger partial charge in [0.2, 0.25) is 0 Å². The Kier molecular flexibility index (Phi) is 4.01. The average Bonchev–Trinajstić information content (AvgIpc) is 2.41. The third-order valence-corrected chi connectivity index (χ3v) is 4.74. The fraction of sp³-hybridized carbons (Fsp3) is 0.562. The van der Waals surface area contributed by atoms with Crippen LogP contribution in [0.1, 0.15) is 48.9 Å². The third-order valence-electron chi connectivity index (χ3n) is 4.33. The summed E-state index contributed by atoms with van der Waals surface area (Å²) in [5.74, 6) is -0.802. The van der Waals surface area contributed by atoms with Crippen molar-refractivity contribution < 1.29 is 15.0 Å². The second kappa shape index (κ2) is 5.28. The van der Waals surface area contributed by atoms with Gasteiger partial charge in [-0.15, -0.1) is 0 Å². The maximum absolute atomic E-state index is 11.3. The zero-order valence-corrected chi connectivity index (χ0v) is 13.0. The van der Waals surface area contributed by atoms with Gasteiger partial charge in [0, 0.05) is 0 Å². The van der Waals surface area contributed by atoms with Gasteiger partial charge in [0.05, 0.1) is 10.4 Å². The number of phenolic OH excluding ortho intramolecular Hbond substituents is 1. The Morgan fingerprint density at radius 1 is 1.25 bits per heavy atom. The second-order valence-corrected chi connectivity index (χ2v) is 6.67. The average molecular weight is 297 g/mol. The summed E-state index contributed by atoms with van der Waals surface area (Å²) in [6, 6.07) is 0. The molecule has 0 amide bonds. The van der Waals surface area contributed by atoms with Gasteiger partial charge in [0.15, 0.2) is 0 Å². The van der Waals surface area contributed by atoms with Crippen LogP contribution in [0.15, 0.2) is 0 Å². The lowest BCUT2D eigenvalue weighted by Gasteiger charge is -2.26. The maximum atomic E-state index is 11.3. The molecule has 0 saturated heterocycles. The lowest BCUT2D eigenvalue weighted by atomic mass is 9.79. The first kappa shape index (κ1) is 15.2. The normalized spacial score (nSPS) is 15.0. The van der Waals surface area contributed by atoms with Gasteiger partial charge >= 0.3 is 5.97 Å². The van der Waals surface area contributed by atoms with E-state index in [2.05, 4.69) is 0 Å². The van der Waals surface area contributed by atoms with Gasteiger partial charge in [0.1, 0.15) is 5.75 Å². The van der Waals surface area contributed by atoms with Crippen LogP contribution in [0.5, 0.6) is 5.75 Å². The predicted octanol–water partition coefficient (Wildman–Crippen LogP) is 3.89. The van der Waals surface area contributed by atoms with Gasteiger partial charge in [-0.1, -0.05) is 11.6 Å². The summed E-state index contributed by atoms with van der Waals surface area (Å²) < 4.78 is 0. The smallest absolute Gasteiger partial charge is 0.309 e. The lowest BCUT2D eigenvalue weighted by molar-refractivity contribution is -0.146. The van der Waals surface area contributed by atoms with Gasteiger partial charge < -0.3 is 10.2 Å². The standard InChI is InChI=1S/C16H21ClO3/c1-9-10-6-4-5-7-11(10)13(17)14(18)12(9)8-16(2,3)15(19)20/h18H,4-8H2,1-3H3,(H,19,20). The Morgan fingerprint density at radius 2 is 1.80 bits per heavy atom. The van der Waals surface area contributed by atoms with Crippen molar-refractivity contribution in [3.63, 3.8) is 0 Å². The minimum Gasteiger partial charge on any atom is -0.506 e. The molecular weight excluding hydrogens is 276 g/mol. The van der Waals surface area contributed by atoms with Crippen molar-refractivity contribution >= 4 is 17.6 Å². The van der Waals surface area contributed by atoms with Crippen LogP contribution in [0.25, 0.3) is 0 Å². The molecule has 0 atom stereocenters. The van der Waals surface area contributed by atoms with Crippen molar-refractivity contribution in [3.05, 3.63) is 27.3 Å². The Bertz CT molecular complexity index is 562. The number of carbonyl (C=O) groups is 1. The molecule has 3 nitrogen and oxygen atoms in total. The number of aliphatic carboxylic acids is 1. The van der Waals surface area contributed by atoms with Gasteiger partial charge in [-0.05, 0) is 75.1 Å². The minimum absolute atomic E-state index is 0.0686. The molecule has 0 aromatic heterocycles. The van der Waals surface area contributed by atoms with E-state index in [4.69, 9.17) is 11.6 Å². The molecule has 1 aliphatic carbocycles. The van der Waals surface area contributed by atoms with E-state index in [0.717, 1.165) is 36.8 Å². The van der Waals surface area contributed by atoms with Crippen molar-refractivity contribution in [2.24, 2.45) is 5.41 Å². The Hall–Kier alpha value is -1.22. The van der Waals surface area contributed by atoms with Gasteiger partial charge in [-0.25, -0.2) is 0 Å².